The summed E-state index contributed by atoms with van der Waals surface area (Å²) in [7, 11) is 4.19. The number of carbonyl (C=O) groups excluding carboxylic acids is 2. The average molecular weight is 1250 g/mol. The minimum absolute atomic E-state index is 0.00836. The summed E-state index contributed by atoms with van der Waals surface area (Å²) in [6, 6.07) is 0. The molecule has 0 bridgehead atoms. The molecule has 0 unspecified atom stereocenters. The van der Waals surface area contributed by atoms with Gasteiger partial charge >= 0.3 is 11.9 Å². The lowest BCUT2D eigenvalue weighted by atomic mass is 10.0. The van der Waals surface area contributed by atoms with E-state index in [-0.39, 0.29) is 24.1 Å². The lowest BCUT2D eigenvalue weighted by molar-refractivity contribution is -0.150. The third kappa shape index (κ3) is 70.6. The van der Waals surface area contributed by atoms with Gasteiger partial charge in [0.25, 0.3) is 0 Å². The Balaban J connectivity index is 5.33. The number of esters is 2. The predicted molar refractivity (Wildman–Crippen MR) is 400 cm³/mol. The topological polar surface area (TPSA) is 59.1 Å². The number of allylic oxidation sites excluding steroid dienone is 16. The highest BCUT2D eigenvalue weighted by molar-refractivity contribution is 5.70. The second-order valence-corrected chi connectivity index (χ2v) is 26.9. The summed E-state index contributed by atoms with van der Waals surface area (Å²) >= 11 is 0. The van der Waals surface area contributed by atoms with Crippen LogP contribution in [0.25, 0.3) is 0 Å². The van der Waals surface area contributed by atoms with Crippen LogP contribution in [0.15, 0.2) is 97.2 Å². The summed E-state index contributed by atoms with van der Waals surface area (Å²) < 4.78 is 12.7. The van der Waals surface area contributed by atoms with Crippen molar-refractivity contribution in [1.82, 2.24) is 9.80 Å². The first kappa shape index (κ1) is 86.8. The fraction of sp³-hybridized carbons (Fsp3) is 0.786. The van der Waals surface area contributed by atoms with Crippen LogP contribution in [0.1, 0.15) is 374 Å². The van der Waals surface area contributed by atoms with E-state index in [1.807, 2.05) is 0 Å². The van der Waals surface area contributed by atoms with E-state index in [1.165, 1.54) is 257 Å². The second kappa shape index (κ2) is 74.8. The molecule has 0 heterocycles. The van der Waals surface area contributed by atoms with Gasteiger partial charge in [-0.15, -0.1) is 0 Å². The van der Waals surface area contributed by atoms with Crippen molar-refractivity contribution < 1.29 is 19.1 Å². The van der Waals surface area contributed by atoms with Crippen LogP contribution in [-0.4, -0.2) is 74.2 Å². The number of hydrogen-bond donors (Lipinski definition) is 0. The van der Waals surface area contributed by atoms with Crippen molar-refractivity contribution >= 4 is 11.9 Å². The summed E-state index contributed by atoms with van der Waals surface area (Å²) in [4.78, 5) is 31.9. The number of carbonyl (C=O) groups is 2. The fourth-order valence-electron chi connectivity index (χ4n) is 11.6. The molecule has 0 N–H and O–H groups in total. The maximum absolute atomic E-state index is 13.7. The van der Waals surface area contributed by atoms with E-state index in [0.717, 1.165) is 90.1 Å². The third-order valence-corrected chi connectivity index (χ3v) is 17.6. The Bertz CT molecular complexity index is 1510. The second-order valence-electron chi connectivity index (χ2n) is 26.9. The molecule has 6 heteroatoms. The number of hydrogen-bond acceptors (Lipinski definition) is 6. The molecular formula is C84H152N2O4. The molecule has 0 amide bonds. The number of likely N-dealkylation sites (N-methyl/N-ethyl adjacent to an activating group) is 1. The van der Waals surface area contributed by atoms with E-state index in [4.69, 9.17) is 9.47 Å². The van der Waals surface area contributed by atoms with Gasteiger partial charge in [-0.25, -0.2) is 0 Å². The van der Waals surface area contributed by atoms with Crippen molar-refractivity contribution in [3.63, 3.8) is 0 Å². The maximum Gasteiger partial charge on any atom is 0.307 e. The molecule has 0 saturated carbocycles. The number of rotatable bonds is 71. The zero-order chi connectivity index (χ0) is 65.2. The van der Waals surface area contributed by atoms with Gasteiger partial charge in [0.2, 0.25) is 0 Å². The molecule has 6 nitrogen and oxygen atoms in total. The third-order valence-electron chi connectivity index (χ3n) is 17.6. The summed E-state index contributed by atoms with van der Waals surface area (Å²) in [5, 5.41) is 0. The molecule has 0 rings (SSSR count). The largest absolute Gasteiger partial charge is 0.462 e. The lowest BCUT2D eigenvalue weighted by Gasteiger charge is -2.25. The van der Waals surface area contributed by atoms with E-state index >= 15 is 0 Å². The molecule has 0 spiro atoms. The number of ether oxygens (including phenoxy) is 2. The Labute approximate surface area is 562 Å². The van der Waals surface area contributed by atoms with Crippen LogP contribution in [0, 0.1) is 0 Å². The van der Waals surface area contributed by atoms with Crippen LogP contribution >= 0.6 is 0 Å². The van der Waals surface area contributed by atoms with Gasteiger partial charge in [-0.05, 0) is 194 Å². The number of unbranched alkanes of at least 4 members (excludes halogenated alkanes) is 36. The van der Waals surface area contributed by atoms with Crippen LogP contribution in [0.3, 0.4) is 0 Å². The summed E-state index contributed by atoms with van der Waals surface area (Å²) in [5.74, 6) is -0.168. The van der Waals surface area contributed by atoms with Crippen LogP contribution in [0.2, 0.25) is 0 Å². The highest BCUT2D eigenvalue weighted by Crippen LogP contribution is 2.21. The molecule has 0 radical (unpaired) electrons. The molecule has 0 aromatic carbocycles. The van der Waals surface area contributed by atoms with Crippen LogP contribution in [0.5, 0.6) is 0 Å². The SMILES string of the molecule is CCCCC/C=C\C/C=C\CCCCCCCCC(CCCCCCCC/C=C\C/C=C\CCCCC)OC(=O)CCN(CCC(=O)OC(CCCCCCCC/C=C\C/C=C\CCCCC)CCCCCCCC/C=C\C/C=C\CCCCC)CCN(C)C. The molecule has 0 aromatic heterocycles. The Morgan fingerprint density at radius 1 is 0.267 bits per heavy atom. The molecule has 0 aliphatic rings. The lowest BCUT2D eigenvalue weighted by Crippen LogP contribution is -2.36. The first-order valence-corrected chi connectivity index (χ1v) is 39.3. The van der Waals surface area contributed by atoms with E-state index in [9.17, 15) is 9.59 Å². The zero-order valence-electron chi connectivity index (χ0n) is 60.9. The highest BCUT2D eigenvalue weighted by atomic mass is 16.5. The fourth-order valence-corrected chi connectivity index (χ4v) is 11.6. The Hall–Kier alpha value is -3.22. The van der Waals surface area contributed by atoms with E-state index in [2.05, 4.69) is 149 Å². The molecule has 0 aliphatic carbocycles. The van der Waals surface area contributed by atoms with Crippen LogP contribution in [-0.2, 0) is 19.1 Å². The van der Waals surface area contributed by atoms with Crippen molar-refractivity contribution in [1.29, 1.82) is 0 Å². The van der Waals surface area contributed by atoms with Gasteiger partial charge < -0.3 is 19.3 Å². The normalized spacial score (nSPS) is 12.6. The van der Waals surface area contributed by atoms with Crippen LogP contribution < -0.4 is 0 Å². The summed E-state index contributed by atoms with van der Waals surface area (Å²) in [6.45, 7) is 11.9. The van der Waals surface area contributed by atoms with Gasteiger partial charge in [-0.1, -0.05) is 279 Å². The average Bonchev–Trinajstić information content (AvgIpc) is 3.67. The van der Waals surface area contributed by atoms with Crippen LogP contribution in [0.4, 0.5) is 0 Å². The monoisotopic (exact) mass is 1250 g/mol. The minimum Gasteiger partial charge on any atom is -0.462 e. The van der Waals surface area contributed by atoms with Gasteiger partial charge in [-0.2, -0.15) is 0 Å². The highest BCUT2D eigenvalue weighted by Gasteiger charge is 2.19. The van der Waals surface area contributed by atoms with E-state index in [0.29, 0.717) is 25.9 Å². The van der Waals surface area contributed by atoms with Gasteiger partial charge in [0.15, 0.2) is 0 Å². The summed E-state index contributed by atoms with van der Waals surface area (Å²) in [6.07, 6.45) is 101. The van der Waals surface area contributed by atoms with Crippen molar-refractivity contribution in [2.24, 2.45) is 0 Å². The zero-order valence-corrected chi connectivity index (χ0v) is 60.9. The summed E-state index contributed by atoms with van der Waals surface area (Å²) in [5.41, 5.74) is 0. The van der Waals surface area contributed by atoms with Gasteiger partial charge in [-0.3, -0.25) is 9.59 Å². The van der Waals surface area contributed by atoms with Gasteiger partial charge in [0, 0.05) is 26.2 Å². The van der Waals surface area contributed by atoms with E-state index < -0.39 is 0 Å². The van der Waals surface area contributed by atoms with Gasteiger partial charge in [0.05, 0.1) is 12.8 Å². The number of nitrogens with zero attached hydrogens (tertiary/aromatic N) is 2. The Morgan fingerprint density at radius 3 is 0.700 bits per heavy atom. The Morgan fingerprint density at radius 2 is 0.478 bits per heavy atom. The molecular weight excluding hydrogens is 1100 g/mol. The molecule has 522 valence electrons. The molecule has 0 fully saturated rings. The predicted octanol–water partition coefficient (Wildman–Crippen LogP) is 26.3. The van der Waals surface area contributed by atoms with Crippen molar-refractivity contribution in [2.45, 2.75) is 387 Å². The standard InChI is InChI=1S/C84H152N2O4/c1-7-11-15-19-23-27-31-35-39-43-47-51-55-59-63-67-71-81(72-68-64-60-56-52-48-44-40-36-32-28-24-20-16-12-8-2)89-83(87)75-77-86(80-79-85(5)6)78-76-84(88)90-82(73-69-65-61-57-53-49-45-41-37-33-29-25-21-17-13-9-3)74-70-66-62-58-54-50-46-42-38-34-30-26-22-18-14-10-4/h23-30,35-42,81-82H,7-22,31-34,43-80H2,1-6H3/b27-23-,28-24-,29-25-,30-26-,39-35-,40-36-,41-37-,42-38-. The van der Waals surface area contributed by atoms with Crippen molar-refractivity contribution in [3.05, 3.63) is 97.2 Å². The quantitative estimate of drug-likeness (QED) is 0.0344. The molecule has 0 saturated heterocycles. The van der Waals surface area contributed by atoms with Gasteiger partial charge in [0.1, 0.15) is 12.2 Å². The molecule has 0 aliphatic heterocycles. The first-order chi connectivity index (χ1) is 44.4. The van der Waals surface area contributed by atoms with Crippen molar-refractivity contribution in [3.8, 4) is 0 Å². The molecule has 90 heavy (non-hydrogen) atoms. The molecule has 0 aromatic rings. The molecule has 0 atom stereocenters. The van der Waals surface area contributed by atoms with Crippen molar-refractivity contribution in [2.75, 3.05) is 40.3 Å². The minimum atomic E-state index is -0.0841. The maximum atomic E-state index is 13.7. The van der Waals surface area contributed by atoms with E-state index in [1.54, 1.807) is 0 Å². The first-order valence-electron chi connectivity index (χ1n) is 39.3. The Kier molecular flexibility index (Phi) is 72.1. The smallest absolute Gasteiger partial charge is 0.307 e.